The molecule has 0 amide bonds. The lowest BCUT2D eigenvalue weighted by molar-refractivity contribution is -0.136. The van der Waals surface area contributed by atoms with E-state index in [0.29, 0.717) is 18.8 Å². The van der Waals surface area contributed by atoms with E-state index in [-0.39, 0.29) is 17.1 Å². The summed E-state index contributed by atoms with van der Waals surface area (Å²) in [4.78, 5) is 12.7. The molecule has 5 nitrogen and oxygen atoms in total. The van der Waals surface area contributed by atoms with Gasteiger partial charge in [0, 0.05) is 13.1 Å². The van der Waals surface area contributed by atoms with E-state index in [1.54, 1.807) is 36.1 Å². The molecule has 0 aliphatic heterocycles. The van der Waals surface area contributed by atoms with Gasteiger partial charge in [-0.15, -0.1) is 0 Å². The summed E-state index contributed by atoms with van der Waals surface area (Å²) in [6.45, 7) is 4.32. The fraction of sp³-hybridized carbons (Fsp3) is 0.462. The molecule has 0 atom stereocenters. The largest absolute Gasteiger partial charge is 0.481 e. The molecule has 0 aromatic heterocycles. The molecule has 0 saturated carbocycles. The minimum absolute atomic E-state index is 0.0195. The molecule has 0 bridgehead atoms. The normalized spacial score (nSPS) is 11.3. The highest BCUT2D eigenvalue weighted by atomic mass is 32.2. The minimum Gasteiger partial charge on any atom is -0.481 e. The first kappa shape index (κ1) is 15.5. The molecule has 0 radical (unpaired) electrons. The second kappa shape index (κ2) is 6.56. The van der Waals surface area contributed by atoms with E-state index in [1.165, 1.54) is 0 Å². The van der Waals surface area contributed by atoms with Crippen LogP contribution in [-0.2, 0) is 14.6 Å². The number of benzene rings is 1. The zero-order valence-electron chi connectivity index (χ0n) is 11.2. The van der Waals surface area contributed by atoms with Crippen molar-refractivity contribution < 1.29 is 18.3 Å². The predicted octanol–water partition coefficient (Wildman–Crippen LogP) is 1.78. The summed E-state index contributed by atoms with van der Waals surface area (Å²) in [7, 11) is -3.31. The molecule has 0 spiro atoms. The maximum atomic E-state index is 12.0. The van der Waals surface area contributed by atoms with E-state index < -0.39 is 15.8 Å². The van der Waals surface area contributed by atoms with Crippen LogP contribution in [0.15, 0.2) is 29.2 Å². The van der Waals surface area contributed by atoms with Gasteiger partial charge in [-0.2, -0.15) is 0 Å². The maximum absolute atomic E-state index is 12.0. The van der Waals surface area contributed by atoms with Crippen LogP contribution >= 0.6 is 0 Å². The van der Waals surface area contributed by atoms with Gasteiger partial charge >= 0.3 is 5.97 Å². The predicted molar refractivity (Wildman–Crippen MR) is 74.3 cm³/mol. The molecular weight excluding hydrogens is 266 g/mol. The Bertz CT molecular complexity index is 539. The van der Waals surface area contributed by atoms with Gasteiger partial charge in [0.1, 0.15) is 0 Å². The number of para-hydroxylation sites is 1. The molecule has 1 N–H and O–H groups in total. The molecule has 0 saturated heterocycles. The van der Waals surface area contributed by atoms with E-state index in [2.05, 4.69) is 0 Å². The van der Waals surface area contributed by atoms with E-state index in [0.717, 1.165) is 0 Å². The van der Waals surface area contributed by atoms with Gasteiger partial charge in [-0.05, 0) is 19.1 Å². The number of hydrogen-bond acceptors (Lipinski definition) is 4. The first-order valence-corrected chi connectivity index (χ1v) is 7.86. The zero-order chi connectivity index (χ0) is 14.5. The van der Waals surface area contributed by atoms with Crippen LogP contribution in [0.25, 0.3) is 0 Å². The molecule has 1 aromatic rings. The number of anilines is 1. The fourth-order valence-corrected chi connectivity index (χ4v) is 2.93. The lowest BCUT2D eigenvalue weighted by atomic mass is 10.2. The first-order valence-electron chi connectivity index (χ1n) is 6.21. The molecule has 0 aliphatic rings. The van der Waals surface area contributed by atoms with E-state index in [9.17, 15) is 13.2 Å². The van der Waals surface area contributed by atoms with Crippen LogP contribution in [0.4, 0.5) is 5.69 Å². The third-order valence-corrected chi connectivity index (χ3v) is 4.67. The van der Waals surface area contributed by atoms with E-state index in [4.69, 9.17) is 5.11 Å². The van der Waals surface area contributed by atoms with Gasteiger partial charge in [0.05, 0.1) is 22.8 Å². The standard InChI is InChI=1S/C13H19NO4S/c1-3-14(10-9-13(15)16)11-7-5-6-8-12(11)19(17,18)4-2/h5-8H,3-4,9-10H2,1-2H3,(H,15,16). The Balaban J connectivity index is 3.14. The molecule has 19 heavy (non-hydrogen) atoms. The van der Waals surface area contributed by atoms with Crippen molar-refractivity contribution in [2.45, 2.75) is 25.2 Å². The molecular formula is C13H19NO4S. The minimum atomic E-state index is -3.31. The summed E-state index contributed by atoms with van der Waals surface area (Å²) in [5.41, 5.74) is 0.577. The van der Waals surface area contributed by atoms with Gasteiger partial charge in [-0.25, -0.2) is 8.42 Å². The molecule has 0 heterocycles. The van der Waals surface area contributed by atoms with Gasteiger partial charge in [0.25, 0.3) is 0 Å². The van der Waals surface area contributed by atoms with Crippen molar-refractivity contribution in [1.29, 1.82) is 0 Å². The van der Waals surface area contributed by atoms with Crippen LogP contribution in [0.5, 0.6) is 0 Å². The molecule has 0 aliphatic carbocycles. The first-order chi connectivity index (χ1) is 8.92. The van der Waals surface area contributed by atoms with Gasteiger partial charge in [-0.3, -0.25) is 4.79 Å². The number of carbonyl (C=O) groups is 1. The topological polar surface area (TPSA) is 74.7 Å². The van der Waals surface area contributed by atoms with Crippen molar-refractivity contribution in [3.05, 3.63) is 24.3 Å². The molecule has 0 unspecified atom stereocenters. The summed E-state index contributed by atoms with van der Waals surface area (Å²) in [5, 5.41) is 8.74. The molecule has 1 aromatic carbocycles. The number of rotatable bonds is 7. The molecule has 1 rings (SSSR count). The smallest absolute Gasteiger partial charge is 0.305 e. The SMILES string of the molecule is CCN(CCC(=O)O)c1ccccc1S(=O)(=O)CC. The van der Waals surface area contributed by atoms with Crippen molar-refractivity contribution in [2.24, 2.45) is 0 Å². The average molecular weight is 285 g/mol. The zero-order valence-corrected chi connectivity index (χ0v) is 12.0. The summed E-state index contributed by atoms with van der Waals surface area (Å²) >= 11 is 0. The van der Waals surface area contributed by atoms with Crippen molar-refractivity contribution in [1.82, 2.24) is 0 Å². The summed E-state index contributed by atoms with van der Waals surface area (Å²) in [5.74, 6) is -0.866. The number of sulfone groups is 1. The summed E-state index contributed by atoms with van der Waals surface area (Å²) < 4.78 is 24.1. The average Bonchev–Trinajstić information content (AvgIpc) is 2.39. The van der Waals surface area contributed by atoms with Crippen molar-refractivity contribution in [3.8, 4) is 0 Å². The number of aliphatic carboxylic acids is 1. The lowest BCUT2D eigenvalue weighted by Crippen LogP contribution is -2.27. The van der Waals surface area contributed by atoms with Crippen LogP contribution < -0.4 is 4.90 Å². The number of carboxylic acids is 1. The van der Waals surface area contributed by atoms with Crippen LogP contribution in [0.3, 0.4) is 0 Å². The Morgan fingerprint density at radius 3 is 2.42 bits per heavy atom. The third-order valence-electron chi connectivity index (χ3n) is 2.90. The van der Waals surface area contributed by atoms with Crippen molar-refractivity contribution in [2.75, 3.05) is 23.7 Å². The van der Waals surface area contributed by atoms with Gasteiger partial charge in [0.15, 0.2) is 9.84 Å². The molecule has 6 heteroatoms. The number of hydrogen-bond donors (Lipinski definition) is 1. The van der Waals surface area contributed by atoms with Gasteiger partial charge in [0.2, 0.25) is 0 Å². The van der Waals surface area contributed by atoms with Gasteiger partial charge < -0.3 is 10.0 Å². The molecule has 106 valence electrons. The maximum Gasteiger partial charge on any atom is 0.305 e. The van der Waals surface area contributed by atoms with E-state index in [1.807, 2.05) is 6.92 Å². The highest BCUT2D eigenvalue weighted by Crippen LogP contribution is 2.26. The second-order valence-corrected chi connectivity index (χ2v) is 6.34. The molecule has 0 fully saturated rings. The highest BCUT2D eigenvalue weighted by molar-refractivity contribution is 7.91. The highest BCUT2D eigenvalue weighted by Gasteiger charge is 2.19. The quantitative estimate of drug-likeness (QED) is 0.826. The Hall–Kier alpha value is -1.56. The summed E-state index contributed by atoms with van der Waals surface area (Å²) in [6, 6.07) is 6.72. The van der Waals surface area contributed by atoms with Crippen LogP contribution in [-0.4, -0.2) is 38.3 Å². The van der Waals surface area contributed by atoms with Crippen LogP contribution in [0.2, 0.25) is 0 Å². The number of nitrogens with zero attached hydrogens (tertiary/aromatic N) is 1. The Labute approximate surface area is 113 Å². The van der Waals surface area contributed by atoms with Crippen LogP contribution in [0, 0.1) is 0 Å². The Kier molecular flexibility index (Phi) is 5.35. The van der Waals surface area contributed by atoms with Gasteiger partial charge in [-0.1, -0.05) is 19.1 Å². The van der Waals surface area contributed by atoms with Crippen molar-refractivity contribution in [3.63, 3.8) is 0 Å². The number of carboxylic acid groups (broad SMARTS) is 1. The van der Waals surface area contributed by atoms with Crippen molar-refractivity contribution >= 4 is 21.5 Å². The monoisotopic (exact) mass is 285 g/mol. The Morgan fingerprint density at radius 1 is 1.26 bits per heavy atom. The second-order valence-electron chi connectivity index (χ2n) is 4.09. The third kappa shape index (κ3) is 3.96. The van der Waals surface area contributed by atoms with Crippen LogP contribution in [0.1, 0.15) is 20.3 Å². The Morgan fingerprint density at radius 2 is 1.89 bits per heavy atom. The van der Waals surface area contributed by atoms with E-state index >= 15 is 0 Å². The summed E-state index contributed by atoms with van der Waals surface area (Å²) in [6.07, 6.45) is -0.0195. The lowest BCUT2D eigenvalue weighted by Gasteiger charge is -2.24. The fourth-order valence-electron chi connectivity index (χ4n) is 1.82.